The van der Waals surface area contributed by atoms with Crippen molar-refractivity contribution in [1.82, 2.24) is 4.90 Å². The first kappa shape index (κ1) is 19.4. The molecule has 0 atom stereocenters. The second-order valence-electron chi connectivity index (χ2n) is 7.17. The van der Waals surface area contributed by atoms with Crippen molar-refractivity contribution >= 4 is 27.3 Å². The van der Waals surface area contributed by atoms with Gasteiger partial charge in [-0.15, -0.1) is 0 Å². The van der Waals surface area contributed by atoms with Crippen LogP contribution in [0, 0.1) is 0 Å². The van der Waals surface area contributed by atoms with Gasteiger partial charge >= 0.3 is 0 Å². The molecule has 144 valence electrons. The number of aryl methyl sites for hydroxylation is 1. The van der Waals surface area contributed by atoms with Gasteiger partial charge in [-0.25, -0.2) is 8.42 Å². The summed E-state index contributed by atoms with van der Waals surface area (Å²) in [5, 5.41) is 2.93. The Morgan fingerprint density at radius 1 is 1.19 bits per heavy atom. The molecule has 0 spiro atoms. The van der Waals surface area contributed by atoms with Crippen molar-refractivity contribution in [3.05, 3.63) is 59.2 Å². The average Bonchev–Trinajstić information content (AvgIpc) is 2.59. The highest BCUT2D eigenvalue weighted by atomic mass is 32.2. The van der Waals surface area contributed by atoms with Crippen LogP contribution in [0.2, 0.25) is 0 Å². The van der Waals surface area contributed by atoms with Crippen molar-refractivity contribution in [1.29, 1.82) is 0 Å². The topological polar surface area (TPSA) is 69.7 Å². The van der Waals surface area contributed by atoms with E-state index in [0.717, 1.165) is 36.2 Å². The summed E-state index contributed by atoms with van der Waals surface area (Å²) in [6.45, 7) is 1.28. The molecule has 1 aliphatic rings. The Labute approximate surface area is 160 Å². The minimum absolute atomic E-state index is 0.198. The quantitative estimate of drug-likeness (QED) is 0.856. The molecule has 0 unspecified atom stereocenters. The molecular formula is C20H25N3O3S. The number of carbonyl (C=O) groups excluding carboxylic acids is 1. The average molecular weight is 388 g/mol. The normalized spacial score (nSPS) is 14.1. The molecule has 27 heavy (non-hydrogen) atoms. The molecule has 2 aromatic rings. The highest BCUT2D eigenvalue weighted by molar-refractivity contribution is 7.92. The number of fused-ring (bicyclic) bond motifs is 1. The first-order valence-electron chi connectivity index (χ1n) is 8.90. The fourth-order valence-electron chi connectivity index (χ4n) is 3.36. The van der Waals surface area contributed by atoms with Gasteiger partial charge in [0, 0.05) is 24.3 Å². The summed E-state index contributed by atoms with van der Waals surface area (Å²) in [5.41, 5.74) is 3.96. The SMILES string of the molecule is CN(C)Cc1cccc(NC(=O)c2ccc3c(c2)CCCN3S(C)(=O)=O)c1. The molecule has 6 nitrogen and oxygen atoms in total. The zero-order valence-corrected chi connectivity index (χ0v) is 16.7. The van der Waals surface area contributed by atoms with Gasteiger partial charge in [-0.2, -0.15) is 0 Å². The van der Waals surface area contributed by atoms with Crippen LogP contribution in [0.15, 0.2) is 42.5 Å². The van der Waals surface area contributed by atoms with E-state index in [1.54, 1.807) is 18.2 Å². The van der Waals surface area contributed by atoms with Crippen LogP contribution in [-0.2, 0) is 23.0 Å². The summed E-state index contributed by atoms with van der Waals surface area (Å²) in [4.78, 5) is 14.7. The summed E-state index contributed by atoms with van der Waals surface area (Å²) < 4.78 is 25.3. The highest BCUT2D eigenvalue weighted by Gasteiger charge is 2.24. The molecular weight excluding hydrogens is 362 g/mol. The molecule has 0 aliphatic carbocycles. The molecule has 1 amide bonds. The lowest BCUT2D eigenvalue weighted by Gasteiger charge is -2.29. The fraction of sp³-hybridized carbons (Fsp3) is 0.350. The predicted octanol–water partition coefficient (Wildman–Crippen LogP) is 2.71. The molecule has 0 radical (unpaired) electrons. The largest absolute Gasteiger partial charge is 0.322 e. The van der Waals surface area contributed by atoms with Gasteiger partial charge in [0.05, 0.1) is 11.9 Å². The minimum Gasteiger partial charge on any atom is -0.322 e. The lowest BCUT2D eigenvalue weighted by molar-refractivity contribution is 0.102. The molecule has 2 aromatic carbocycles. The van der Waals surface area contributed by atoms with Crippen molar-refractivity contribution in [2.75, 3.05) is 36.5 Å². The van der Waals surface area contributed by atoms with E-state index in [1.807, 2.05) is 38.4 Å². The number of carbonyl (C=O) groups is 1. The number of anilines is 2. The highest BCUT2D eigenvalue weighted by Crippen LogP contribution is 2.30. The van der Waals surface area contributed by atoms with Crippen molar-refractivity contribution in [2.24, 2.45) is 0 Å². The van der Waals surface area contributed by atoms with Crippen LogP contribution in [0.1, 0.15) is 27.9 Å². The summed E-state index contributed by atoms with van der Waals surface area (Å²) in [5.74, 6) is -0.198. The van der Waals surface area contributed by atoms with E-state index in [1.165, 1.54) is 10.6 Å². The molecule has 1 N–H and O–H groups in total. The van der Waals surface area contributed by atoms with E-state index >= 15 is 0 Å². The Morgan fingerprint density at radius 3 is 2.67 bits per heavy atom. The molecule has 1 aliphatic heterocycles. The molecule has 3 rings (SSSR count). The van der Waals surface area contributed by atoms with Crippen LogP contribution >= 0.6 is 0 Å². The number of sulfonamides is 1. The van der Waals surface area contributed by atoms with Crippen LogP contribution < -0.4 is 9.62 Å². The Balaban J connectivity index is 1.80. The first-order valence-corrected chi connectivity index (χ1v) is 10.7. The van der Waals surface area contributed by atoms with Gasteiger partial charge in [0.25, 0.3) is 5.91 Å². The minimum atomic E-state index is -3.31. The van der Waals surface area contributed by atoms with E-state index in [2.05, 4.69) is 10.2 Å². The summed E-state index contributed by atoms with van der Waals surface area (Å²) in [6, 6.07) is 13.0. The molecule has 0 aromatic heterocycles. The van der Waals surface area contributed by atoms with Gasteiger partial charge in [-0.1, -0.05) is 12.1 Å². The lowest BCUT2D eigenvalue weighted by atomic mass is 10.0. The Kier molecular flexibility index (Phi) is 5.53. The number of nitrogens with zero attached hydrogens (tertiary/aromatic N) is 2. The van der Waals surface area contributed by atoms with Gasteiger partial charge in [0.15, 0.2) is 0 Å². The maximum Gasteiger partial charge on any atom is 0.255 e. The second kappa shape index (κ2) is 7.70. The van der Waals surface area contributed by atoms with Gasteiger partial charge in [0.1, 0.15) is 0 Å². The zero-order chi connectivity index (χ0) is 19.6. The maximum absolute atomic E-state index is 12.7. The number of hydrogen-bond acceptors (Lipinski definition) is 4. The third-order valence-electron chi connectivity index (χ3n) is 4.50. The van der Waals surface area contributed by atoms with Crippen LogP contribution in [0.3, 0.4) is 0 Å². The monoisotopic (exact) mass is 387 g/mol. The van der Waals surface area contributed by atoms with Crippen molar-refractivity contribution in [2.45, 2.75) is 19.4 Å². The van der Waals surface area contributed by atoms with Crippen LogP contribution in [0.5, 0.6) is 0 Å². The van der Waals surface area contributed by atoms with Crippen molar-refractivity contribution in [3.63, 3.8) is 0 Å². The molecule has 0 saturated carbocycles. The first-order chi connectivity index (χ1) is 12.7. The Hall–Kier alpha value is -2.38. The standard InChI is InChI=1S/C20H25N3O3S/c1-22(2)14-15-6-4-8-18(12-15)21-20(24)17-9-10-19-16(13-17)7-5-11-23(19)27(3,25)26/h4,6,8-10,12-13H,5,7,11,14H2,1-3H3,(H,21,24). The van der Waals surface area contributed by atoms with Gasteiger partial charge in [-0.05, 0) is 68.4 Å². The van der Waals surface area contributed by atoms with E-state index in [0.29, 0.717) is 17.8 Å². The van der Waals surface area contributed by atoms with E-state index < -0.39 is 10.0 Å². The number of benzene rings is 2. The van der Waals surface area contributed by atoms with Gasteiger partial charge < -0.3 is 10.2 Å². The summed E-state index contributed by atoms with van der Waals surface area (Å²) >= 11 is 0. The van der Waals surface area contributed by atoms with Crippen LogP contribution in [-0.4, -0.2) is 46.1 Å². The third kappa shape index (κ3) is 4.67. The zero-order valence-electron chi connectivity index (χ0n) is 15.9. The molecule has 0 saturated heterocycles. The number of hydrogen-bond donors (Lipinski definition) is 1. The number of amides is 1. The molecule has 7 heteroatoms. The van der Waals surface area contributed by atoms with Gasteiger partial charge in [0.2, 0.25) is 10.0 Å². The fourth-order valence-corrected chi connectivity index (χ4v) is 4.36. The lowest BCUT2D eigenvalue weighted by Crippen LogP contribution is -2.34. The predicted molar refractivity (Wildman–Crippen MR) is 109 cm³/mol. The Morgan fingerprint density at radius 2 is 1.96 bits per heavy atom. The van der Waals surface area contributed by atoms with E-state index in [4.69, 9.17) is 0 Å². The number of nitrogens with one attached hydrogen (secondary N) is 1. The van der Waals surface area contributed by atoms with Crippen LogP contribution in [0.4, 0.5) is 11.4 Å². The Bertz CT molecular complexity index is 955. The van der Waals surface area contributed by atoms with E-state index in [9.17, 15) is 13.2 Å². The maximum atomic E-state index is 12.7. The van der Waals surface area contributed by atoms with Crippen LogP contribution in [0.25, 0.3) is 0 Å². The smallest absolute Gasteiger partial charge is 0.255 e. The molecule has 1 heterocycles. The number of rotatable bonds is 5. The summed E-state index contributed by atoms with van der Waals surface area (Å²) in [6.07, 6.45) is 2.72. The second-order valence-corrected chi connectivity index (χ2v) is 9.08. The van der Waals surface area contributed by atoms with Gasteiger partial charge in [-0.3, -0.25) is 9.10 Å². The van der Waals surface area contributed by atoms with E-state index in [-0.39, 0.29) is 5.91 Å². The summed E-state index contributed by atoms with van der Waals surface area (Å²) in [7, 11) is 0.689. The van der Waals surface area contributed by atoms with Crippen molar-refractivity contribution in [3.8, 4) is 0 Å². The van der Waals surface area contributed by atoms with Crippen molar-refractivity contribution < 1.29 is 13.2 Å². The molecule has 0 fully saturated rings. The molecule has 0 bridgehead atoms. The third-order valence-corrected chi connectivity index (χ3v) is 5.68.